The molecule has 0 unspecified atom stereocenters. The molecule has 0 aliphatic heterocycles. The second-order valence-electron chi connectivity index (χ2n) is 8.06. The van der Waals surface area contributed by atoms with E-state index >= 15 is 0 Å². The summed E-state index contributed by atoms with van der Waals surface area (Å²) in [5, 5.41) is 0. The van der Waals surface area contributed by atoms with E-state index in [4.69, 9.17) is 0 Å². The van der Waals surface area contributed by atoms with Gasteiger partial charge in [-0.3, -0.25) is 0 Å². The monoisotopic (exact) mass is 423 g/mol. The van der Waals surface area contributed by atoms with E-state index in [1.54, 1.807) is 0 Å². The molecule has 0 aromatic heterocycles. The Morgan fingerprint density at radius 2 is 0.875 bits per heavy atom. The minimum atomic E-state index is 0. The van der Waals surface area contributed by atoms with Gasteiger partial charge in [-0.15, -0.1) is 0 Å². The lowest BCUT2D eigenvalue weighted by atomic mass is 10.0. The molecular formula is C21H46BrNS. The van der Waals surface area contributed by atoms with Crippen LogP contribution in [-0.4, -0.2) is 37.4 Å². The summed E-state index contributed by atoms with van der Waals surface area (Å²) in [6.07, 6.45) is 21.5. The van der Waals surface area contributed by atoms with Crippen LogP contribution in [0.5, 0.6) is 0 Å². The van der Waals surface area contributed by atoms with Crippen LogP contribution in [0.2, 0.25) is 0 Å². The zero-order valence-corrected chi connectivity index (χ0v) is 19.5. The first-order valence-corrected chi connectivity index (χ1v) is 11.2. The van der Waals surface area contributed by atoms with Crippen molar-refractivity contribution in [2.24, 2.45) is 0 Å². The lowest BCUT2D eigenvalue weighted by Gasteiger charge is -2.29. The lowest BCUT2D eigenvalue weighted by molar-refractivity contribution is -0.890. The van der Waals surface area contributed by atoms with Crippen molar-refractivity contribution in [3.8, 4) is 0 Å². The average molecular weight is 425 g/mol. The van der Waals surface area contributed by atoms with Gasteiger partial charge >= 0.3 is 0 Å². The largest absolute Gasteiger partial charge is 1.00 e. The molecule has 0 atom stereocenters. The summed E-state index contributed by atoms with van der Waals surface area (Å²) in [6.45, 7) is 4.91. The summed E-state index contributed by atoms with van der Waals surface area (Å²) >= 11 is 4.32. The van der Waals surface area contributed by atoms with Crippen molar-refractivity contribution < 1.29 is 21.5 Å². The Morgan fingerprint density at radius 3 is 1.25 bits per heavy atom. The van der Waals surface area contributed by atoms with Gasteiger partial charge in [0, 0.05) is 6.42 Å². The Kier molecular flexibility index (Phi) is 22.6. The molecule has 0 heterocycles. The van der Waals surface area contributed by atoms with Crippen molar-refractivity contribution in [3.05, 3.63) is 0 Å². The van der Waals surface area contributed by atoms with Gasteiger partial charge in [0.15, 0.2) is 0 Å². The molecule has 0 amide bonds. The Labute approximate surface area is 170 Å². The quantitative estimate of drug-likeness (QED) is 0.193. The van der Waals surface area contributed by atoms with Crippen molar-refractivity contribution in [3.63, 3.8) is 0 Å². The molecule has 0 spiro atoms. The second kappa shape index (κ2) is 20.1. The molecule has 0 aromatic carbocycles. The number of nitrogens with zero attached hydrogens (tertiary/aromatic N) is 1. The third-order valence-electron chi connectivity index (χ3n) is 5.04. The fourth-order valence-electron chi connectivity index (χ4n) is 3.34. The zero-order chi connectivity index (χ0) is 17.2. The highest BCUT2D eigenvalue weighted by atomic mass is 79.9. The molecule has 0 bridgehead atoms. The number of quaternary nitrogens is 1. The maximum absolute atomic E-state index is 4.32. The summed E-state index contributed by atoms with van der Waals surface area (Å²) in [5.74, 6) is 1.03. The number of halogens is 1. The summed E-state index contributed by atoms with van der Waals surface area (Å²) in [7, 11) is 4.73. The minimum Gasteiger partial charge on any atom is -1.00 e. The van der Waals surface area contributed by atoms with E-state index in [0.717, 1.165) is 5.75 Å². The lowest BCUT2D eigenvalue weighted by Crippen LogP contribution is -3.00. The number of rotatable bonds is 18. The van der Waals surface area contributed by atoms with Crippen LogP contribution >= 0.6 is 12.6 Å². The van der Waals surface area contributed by atoms with Crippen LogP contribution in [0.1, 0.15) is 103 Å². The van der Waals surface area contributed by atoms with Crippen LogP contribution in [0.4, 0.5) is 0 Å². The predicted octanol–water partition coefficient (Wildman–Crippen LogP) is 3.87. The van der Waals surface area contributed by atoms with E-state index in [-0.39, 0.29) is 17.0 Å². The predicted molar refractivity (Wildman–Crippen MR) is 111 cm³/mol. The van der Waals surface area contributed by atoms with Crippen molar-refractivity contribution in [2.75, 3.05) is 32.9 Å². The Hall–Kier alpha value is 0.790. The standard InChI is InChI=1S/C21H45NS.BrH/c1-4-5-6-7-8-9-10-11-12-13-14-15-16-17-19-22(2,3)20-18-21-23;/h4-21H2,1-3H3;1H. The summed E-state index contributed by atoms with van der Waals surface area (Å²) in [4.78, 5) is 0. The van der Waals surface area contributed by atoms with Crippen molar-refractivity contribution in [1.82, 2.24) is 0 Å². The van der Waals surface area contributed by atoms with Gasteiger partial charge < -0.3 is 21.5 Å². The van der Waals surface area contributed by atoms with Gasteiger partial charge in [0.05, 0.1) is 27.2 Å². The van der Waals surface area contributed by atoms with Gasteiger partial charge in [0.2, 0.25) is 0 Å². The van der Waals surface area contributed by atoms with Gasteiger partial charge in [-0.05, 0) is 18.6 Å². The topological polar surface area (TPSA) is 0 Å². The van der Waals surface area contributed by atoms with Gasteiger partial charge in [0.25, 0.3) is 0 Å². The molecule has 0 radical (unpaired) electrons. The van der Waals surface area contributed by atoms with Gasteiger partial charge in [-0.2, -0.15) is 12.6 Å². The van der Waals surface area contributed by atoms with Crippen LogP contribution in [-0.2, 0) is 0 Å². The molecule has 0 saturated carbocycles. The van der Waals surface area contributed by atoms with Crippen molar-refractivity contribution in [2.45, 2.75) is 103 Å². The molecule has 0 aliphatic rings. The molecule has 148 valence electrons. The molecule has 0 aliphatic carbocycles. The Balaban J connectivity index is 0. The first-order chi connectivity index (χ1) is 11.1. The van der Waals surface area contributed by atoms with E-state index in [1.165, 1.54) is 114 Å². The molecule has 0 saturated heterocycles. The fraction of sp³-hybridized carbons (Fsp3) is 1.00. The van der Waals surface area contributed by atoms with Gasteiger partial charge in [0.1, 0.15) is 0 Å². The average Bonchev–Trinajstić information content (AvgIpc) is 2.53. The number of thiol groups is 1. The van der Waals surface area contributed by atoms with Crippen molar-refractivity contribution in [1.29, 1.82) is 0 Å². The Bertz CT molecular complexity index is 234. The van der Waals surface area contributed by atoms with E-state index < -0.39 is 0 Å². The summed E-state index contributed by atoms with van der Waals surface area (Å²) in [6, 6.07) is 0. The van der Waals surface area contributed by atoms with E-state index in [1.807, 2.05) is 0 Å². The molecule has 0 N–H and O–H groups in total. The third-order valence-corrected chi connectivity index (χ3v) is 5.35. The summed E-state index contributed by atoms with van der Waals surface area (Å²) in [5.41, 5.74) is 0. The number of hydrogen-bond donors (Lipinski definition) is 1. The minimum absolute atomic E-state index is 0. The number of unbranched alkanes of at least 4 members (excludes halogenated alkanes) is 13. The molecule has 0 rings (SSSR count). The molecule has 24 heavy (non-hydrogen) atoms. The Morgan fingerprint density at radius 1 is 0.542 bits per heavy atom. The van der Waals surface area contributed by atoms with Gasteiger partial charge in [-0.25, -0.2) is 0 Å². The molecule has 0 fully saturated rings. The second-order valence-corrected chi connectivity index (χ2v) is 8.50. The fourth-order valence-corrected chi connectivity index (χ4v) is 3.49. The number of hydrogen-bond acceptors (Lipinski definition) is 1. The first kappa shape index (κ1) is 27.0. The van der Waals surface area contributed by atoms with Crippen LogP contribution in [0.15, 0.2) is 0 Å². The highest BCUT2D eigenvalue weighted by molar-refractivity contribution is 7.80. The first-order valence-electron chi connectivity index (χ1n) is 10.6. The highest BCUT2D eigenvalue weighted by Crippen LogP contribution is 2.13. The maximum Gasteiger partial charge on any atom is 0.0790 e. The molecular weight excluding hydrogens is 378 g/mol. The highest BCUT2D eigenvalue weighted by Gasteiger charge is 2.12. The van der Waals surface area contributed by atoms with Crippen LogP contribution in [0.25, 0.3) is 0 Å². The molecule has 3 heteroatoms. The van der Waals surface area contributed by atoms with Gasteiger partial charge in [-0.1, -0.05) is 84.0 Å². The van der Waals surface area contributed by atoms with Crippen molar-refractivity contribution >= 4 is 12.6 Å². The maximum atomic E-state index is 4.32. The third kappa shape index (κ3) is 20.8. The molecule has 0 aromatic rings. The van der Waals surface area contributed by atoms with Crippen LogP contribution in [0.3, 0.4) is 0 Å². The summed E-state index contributed by atoms with van der Waals surface area (Å²) < 4.78 is 1.18. The van der Waals surface area contributed by atoms with E-state index in [2.05, 4.69) is 33.6 Å². The van der Waals surface area contributed by atoms with E-state index in [0.29, 0.717) is 0 Å². The SMILES string of the molecule is CCCCCCCCCCCCCCCC[N+](C)(C)CCCS.[Br-]. The van der Waals surface area contributed by atoms with Crippen LogP contribution < -0.4 is 17.0 Å². The smallest absolute Gasteiger partial charge is 0.0790 e. The van der Waals surface area contributed by atoms with Crippen LogP contribution in [0, 0.1) is 0 Å². The normalized spacial score (nSPS) is 11.5. The van der Waals surface area contributed by atoms with E-state index in [9.17, 15) is 0 Å². The molecule has 1 nitrogen and oxygen atoms in total. The zero-order valence-electron chi connectivity index (χ0n) is 17.0.